The Kier molecular flexibility index (Phi) is 5.63. The van der Waals surface area contributed by atoms with E-state index in [1.165, 1.54) is 0 Å². The van der Waals surface area contributed by atoms with Crippen molar-refractivity contribution in [1.82, 2.24) is 15.5 Å². The van der Waals surface area contributed by atoms with Gasteiger partial charge in [0.2, 0.25) is 0 Å². The maximum atomic E-state index is 12.3. The van der Waals surface area contributed by atoms with E-state index >= 15 is 0 Å². The number of hydrogen-bond donors (Lipinski definition) is 1. The predicted molar refractivity (Wildman–Crippen MR) is 104 cm³/mol. The van der Waals surface area contributed by atoms with Crippen LogP contribution in [0.1, 0.15) is 25.9 Å². The summed E-state index contributed by atoms with van der Waals surface area (Å²) >= 11 is 1.56. The van der Waals surface area contributed by atoms with Gasteiger partial charge in [0.05, 0.1) is 7.11 Å². The highest BCUT2D eigenvalue weighted by Crippen LogP contribution is 2.27. The number of methoxy groups -OCH3 is 1. The van der Waals surface area contributed by atoms with Crippen molar-refractivity contribution < 1.29 is 9.53 Å². The smallest absolute Gasteiger partial charge is 0.251 e. The fourth-order valence-corrected chi connectivity index (χ4v) is 3.42. The van der Waals surface area contributed by atoms with E-state index in [4.69, 9.17) is 4.74 Å². The van der Waals surface area contributed by atoms with Crippen LogP contribution in [0, 0.1) is 13.8 Å². The Labute approximate surface area is 157 Å². The zero-order valence-corrected chi connectivity index (χ0v) is 15.9. The van der Waals surface area contributed by atoms with Crippen LogP contribution in [-0.4, -0.2) is 29.8 Å². The molecule has 0 spiro atoms. The van der Waals surface area contributed by atoms with Crippen molar-refractivity contribution in [3.63, 3.8) is 0 Å². The van der Waals surface area contributed by atoms with Crippen LogP contribution in [0.4, 0.5) is 0 Å². The second-order valence-electron chi connectivity index (χ2n) is 5.98. The second-order valence-corrected chi connectivity index (χ2v) is 7.25. The zero-order valence-electron chi connectivity index (χ0n) is 15.1. The van der Waals surface area contributed by atoms with Crippen LogP contribution in [-0.2, 0) is 6.42 Å². The number of benzene rings is 2. The molecule has 0 aliphatic heterocycles. The summed E-state index contributed by atoms with van der Waals surface area (Å²) in [7, 11) is 1.66. The third kappa shape index (κ3) is 4.26. The second kappa shape index (κ2) is 8.10. The van der Waals surface area contributed by atoms with Crippen LogP contribution >= 0.6 is 11.3 Å². The van der Waals surface area contributed by atoms with Gasteiger partial charge in [0.15, 0.2) is 0 Å². The van der Waals surface area contributed by atoms with E-state index in [0.717, 1.165) is 32.5 Å². The SMILES string of the molecule is COc1ccc(-c2ccc(C(=O)NCCc3nnc(C)s3)cc2)c(C)c1. The van der Waals surface area contributed by atoms with Crippen LogP contribution in [0.25, 0.3) is 11.1 Å². The van der Waals surface area contributed by atoms with Crippen molar-refractivity contribution >= 4 is 17.2 Å². The van der Waals surface area contributed by atoms with Crippen LogP contribution in [0.15, 0.2) is 42.5 Å². The number of aromatic nitrogens is 2. The average Bonchev–Trinajstić information content (AvgIpc) is 3.07. The number of rotatable bonds is 6. The molecule has 0 saturated carbocycles. The van der Waals surface area contributed by atoms with Crippen molar-refractivity contribution in [2.45, 2.75) is 20.3 Å². The first-order valence-corrected chi connectivity index (χ1v) is 9.20. The van der Waals surface area contributed by atoms with E-state index in [1.54, 1.807) is 18.4 Å². The number of ether oxygens (including phenoxy) is 1. The molecule has 3 aromatic rings. The van der Waals surface area contributed by atoms with Crippen LogP contribution in [0.3, 0.4) is 0 Å². The first kappa shape index (κ1) is 18.1. The Balaban J connectivity index is 1.62. The highest BCUT2D eigenvalue weighted by molar-refractivity contribution is 7.11. The standard InChI is InChI=1S/C20H21N3O2S/c1-13-12-17(25-3)8-9-18(13)15-4-6-16(7-5-15)20(24)21-11-10-19-23-22-14(2)26-19/h4-9,12H,10-11H2,1-3H3,(H,21,24). The molecule has 1 amide bonds. The molecule has 1 aromatic heterocycles. The minimum absolute atomic E-state index is 0.0794. The van der Waals surface area contributed by atoms with Crippen molar-refractivity contribution in [2.75, 3.05) is 13.7 Å². The van der Waals surface area contributed by atoms with Crippen molar-refractivity contribution in [3.8, 4) is 16.9 Å². The van der Waals surface area contributed by atoms with Crippen LogP contribution in [0.2, 0.25) is 0 Å². The van der Waals surface area contributed by atoms with E-state index in [9.17, 15) is 4.79 Å². The topological polar surface area (TPSA) is 64.1 Å². The highest BCUT2D eigenvalue weighted by Gasteiger charge is 2.08. The van der Waals surface area contributed by atoms with Gasteiger partial charge in [-0.25, -0.2) is 0 Å². The Bertz CT molecular complexity index is 904. The molecule has 1 heterocycles. The minimum atomic E-state index is -0.0794. The Morgan fingerprint density at radius 3 is 2.50 bits per heavy atom. The summed E-state index contributed by atoms with van der Waals surface area (Å²) < 4.78 is 5.25. The van der Waals surface area contributed by atoms with E-state index < -0.39 is 0 Å². The van der Waals surface area contributed by atoms with E-state index in [1.807, 2.05) is 56.3 Å². The lowest BCUT2D eigenvalue weighted by atomic mass is 9.99. The molecule has 5 nitrogen and oxygen atoms in total. The molecule has 6 heteroatoms. The summed E-state index contributed by atoms with van der Waals surface area (Å²) in [5.74, 6) is 0.761. The molecule has 26 heavy (non-hydrogen) atoms. The molecular formula is C20H21N3O2S. The summed E-state index contributed by atoms with van der Waals surface area (Å²) in [5, 5.41) is 12.8. The normalized spacial score (nSPS) is 10.6. The predicted octanol–water partition coefficient (Wildman–Crippen LogP) is 3.80. The zero-order chi connectivity index (χ0) is 18.5. The Morgan fingerprint density at radius 1 is 1.12 bits per heavy atom. The fraction of sp³-hybridized carbons (Fsp3) is 0.250. The van der Waals surface area contributed by atoms with Crippen LogP contribution in [0.5, 0.6) is 5.75 Å². The van der Waals surface area contributed by atoms with Gasteiger partial charge in [-0.2, -0.15) is 0 Å². The lowest BCUT2D eigenvalue weighted by molar-refractivity contribution is 0.0954. The molecule has 3 rings (SSSR count). The number of aryl methyl sites for hydroxylation is 2. The van der Waals surface area contributed by atoms with E-state index in [0.29, 0.717) is 18.5 Å². The van der Waals surface area contributed by atoms with Gasteiger partial charge >= 0.3 is 0 Å². The minimum Gasteiger partial charge on any atom is -0.497 e. The summed E-state index contributed by atoms with van der Waals surface area (Å²) in [5.41, 5.74) is 3.98. The maximum absolute atomic E-state index is 12.3. The molecule has 0 bridgehead atoms. The molecule has 0 saturated heterocycles. The van der Waals surface area contributed by atoms with Crippen molar-refractivity contribution in [3.05, 3.63) is 63.6 Å². The summed E-state index contributed by atoms with van der Waals surface area (Å²) in [6.07, 6.45) is 0.695. The monoisotopic (exact) mass is 367 g/mol. The lowest BCUT2D eigenvalue weighted by Crippen LogP contribution is -2.25. The third-order valence-corrected chi connectivity index (χ3v) is 4.98. The first-order chi connectivity index (χ1) is 12.6. The number of nitrogens with one attached hydrogen (secondary N) is 1. The third-order valence-electron chi connectivity index (χ3n) is 4.08. The number of carbonyl (C=O) groups is 1. The average molecular weight is 367 g/mol. The molecule has 0 fully saturated rings. The van der Waals surface area contributed by atoms with Crippen molar-refractivity contribution in [2.24, 2.45) is 0 Å². The molecule has 0 aliphatic rings. The van der Waals surface area contributed by atoms with Gasteiger partial charge in [0.1, 0.15) is 15.8 Å². The molecule has 1 N–H and O–H groups in total. The van der Waals surface area contributed by atoms with Gasteiger partial charge in [-0.3, -0.25) is 4.79 Å². The van der Waals surface area contributed by atoms with Gasteiger partial charge in [0.25, 0.3) is 5.91 Å². The van der Waals surface area contributed by atoms with Gasteiger partial charge in [-0.05, 0) is 54.8 Å². The Morgan fingerprint density at radius 2 is 1.88 bits per heavy atom. The number of carbonyl (C=O) groups excluding carboxylic acids is 1. The van der Waals surface area contributed by atoms with Gasteiger partial charge in [-0.15, -0.1) is 21.5 Å². The van der Waals surface area contributed by atoms with Gasteiger partial charge in [0, 0.05) is 18.5 Å². The molecule has 0 radical (unpaired) electrons. The molecule has 2 aromatic carbocycles. The number of hydrogen-bond acceptors (Lipinski definition) is 5. The first-order valence-electron chi connectivity index (χ1n) is 8.39. The summed E-state index contributed by atoms with van der Waals surface area (Å²) in [4.78, 5) is 12.3. The summed E-state index contributed by atoms with van der Waals surface area (Å²) in [6, 6.07) is 13.6. The highest BCUT2D eigenvalue weighted by atomic mass is 32.1. The van der Waals surface area contributed by atoms with Gasteiger partial charge in [-0.1, -0.05) is 18.2 Å². The fourth-order valence-electron chi connectivity index (χ4n) is 2.71. The number of nitrogens with zero attached hydrogens (tertiary/aromatic N) is 2. The molecular weight excluding hydrogens is 346 g/mol. The lowest BCUT2D eigenvalue weighted by Gasteiger charge is -2.09. The van der Waals surface area contributed by atoms with Crippen LogP contribution < -0.4 is 10.1 Å². The molecule has 0 aliphatic carbocycles. The number of amides is 1. The largest absolute Gasteiger partial charge is 0.497 e. The molecule has 0 unspecified atom stereocenters. The van der Waals surface area contributed by atoms with Gasteiger partial charge < -0.3 is 10.1 Å². The summed E-state index contributed by atoms with van der Waals surface area (Å²) in [6.45, 7) is 4.52. The van der Waals surface area contributed by atoms with E-state index in [2.05, 4.69) is 15.5 Å². The molecule has 134 valence electrons. The Hall–Kier alpha value is -2.73. The quantitative estimate of drug-likeness (QED) is 0.720. The van der Waals surface area contributed by atoms with E-state index in [-0.39, 0.29) is 5.91 Å². The van der Waals surface area contributed by atoms with Crippen molar-refractivity contribution in [1.29, 1.82) is 0 Å². The maximum Gasteiger partial charge on any atom is 0.251 e. The molecule has 0 atom stereocenters.